The molecule has 0 radical (unpaired) electrons. The molecule has 0 bridgehead atoms. The number of hydrazine groups is 1. The van der Waals surface area contributed by atoms with E-state index in [-0.39, 0.29) is 11.9 Å². The first kappa shape index (κ1) is 14.7. The van der Waals surface area contributed by atoms with E-state index in [1.165, 1.54) is 12.1 Å². The summed E-state index contributed by atoms with van der Waals surface area (Å²) in [5, 5.41) is 0. The standard InChI is InChI=1S/C14H13Br2FN2/c1-8-4-9(6-11(17)5-8)14(19-18)12-7-10(15)2-3-13(12)16/h2-7,14,19H,18H2,1H3. The molecule has 3 N–H and O–H groups in total. The Morgan fingerprint density at radius 3 is 2.53 bits per heavy atom. The highest BCUT2D eigenvalue weighted by molar-refractivity contribution is 9.11. The molecule has 2 aromatic rings. The summed E-state index contributed by atoms with van der Waals surface area (Å²) in [6.45, 7) is 1.86. The summed E-state index contributed by atoms with van der Waals surface area (Å²) in [6, 6.07) is 10.4. The summed E-state index contributed by atoms with van der Waals surface area (Å²) in [5.41, 5.74) is 5.34. The lowest BCUT2D eigenvalue weighted by atomic mass is 9.98. The Hall–Kier alpha value is -0.750. The van der Waals surface area contributed by atoms with Crippen LogP contribution in [0.2, 0.25) is 0 Å². The minimum Gasteiger partial charge on any atom is -0.271 e. The molecule has 100 valence electrons. The van der Waals surface area contributed by atoms with Crippen molar-refractivity contribution in [1.82, 2.24) is 5.43 Å². The van der Waals surface area contributed by atoms with Gasteiger partial charge in [0.1, 0.15) is 5.82 Å². The molecule has 5 heteroatoms. The second kappa shape index (κ2) is 6.13. The van der Waals surface area contributed by atoms with Crippen molar-refractivity contribution in [2.75, 3.05) is 0 Å². The fourth-order valence-electron chi connectivity index (χ4n) is 2.03. The molecule has 19 heavy (non-hydrogen) atoms. The van der Waals surface area contributed by atoms with Gasteiger partial charge in [-0.3, -0.25) is 5.84 Å². The molecule has 0 aliphatic heterocycles. The highest BCUT2D eigenvalue weighted by Gasteiger charge is 2.16. The normalized spacial score (nSPS) is 12.5. The van der Waals surface area contributed by atoms with E-state index in [2.05, 4.69) is 37.3 Å². The first-order valence-corrected chi connectivity index (χ1v) is 7.28. The maximum atomic E-state index is 13.5. The van der Waals surface area contributed by atoms with Crippen LogP contribution < -0.4 is 11.3 Å². The minimum atomic E-state index is -0.277. The fraction of sp³-hybridized carbons (Fsp3) is 0.143. The van der Waals surface area contributed by atoms with Gasteiger partial charge in [-0.25, -0.2) is 9.82 Å². The van der Waals surface area contributed by atoms with Crippen LogP contribution in [0.15, 0.2) is 45.3 Å². The van der Waals surface area contributed by atoms with Crippen molar-refractivity contribution in [3.8, 4) is 0 Å². The van der Waals surface area contributed by atoms with Gasteiger partial charge in [0, 0.05) is 8.95 Å². The second-order valence-corrected chi connectivity index (χ2v) is 6.10. The largest absolute Gasteiger partial charge is 0.271 e. The predicted molar refractivity (Wildman–Crippen MR) is 82.1 cm³/mol. The lowest BCUT2D eigenvalue weighted by Crippen LogP contribution is -2.29. The highest BCUT2D eigenvalue weighted by atomic mass is 79.9. The average Bonchev–Trinajstić information content (AvgIpc) is 2.33. The Labute approximate surface area is 128 Å². The second-order valence-electron chi connectivity index (χ2n) is 4.33. The molecule has 1 atom stereocenters. The molecule has 0 aliphatic carbocycles. The van der Waals surface area contributed by atoms with E-state index in [9.17, 15) is 4.39 Å². The third-order valence-electron chi connectivity index (χ3n) is 2.83. The van der Waals surface area contributed by atoms with E-state index < -0.39 is 0 Å². The van der Waals surface area contributed by atoms with Crippen molar-refractivity contribution >= 4 is 31.9 Å². The van der Waals surface area contributed by atoms with E-state index in [0.717, 1.165) is 25.6 Å². The van der Waals surface area contributed by atoms with Gasteiger partial charge >= 0.3 is 0 Å². The van der Waals surface area contributed by atoms with Gasteiger partial charge in [0.2, 0.25) is 0 Å². The quantitative estimate of drug-likeness (QED) is 0.611. The molecular weight excluding hydrogens is 375 g/mol. The molecular formula is C14H13Br2FN2. The molecule has 1 unspecified atom stereocenters. The SMILES string of the molecule is Cc1cc(F)cc(C(NN)c2cc(Br)ccc2Br)c1. The zero-order chi connectivity index (χ0) is 14.0. The molecule has 0 saturated carbocycles. The smallest absolute Gasteiger partial charge is 0.123 e. The summed E-state index contributed by atoms with van der Waals surface area (Å²) >= 11 is 6.93. The molecule has 0 spiro atoms. The number of rotatable bonds is 3. The Morgan fingerprint density at radius 2 is 1.89 bits per heavy atom. The number of halogens is 3. The van der Waals surface area contributed by atoms with Crippen molar-refractivity contribution < 1.29 is 4.39 Å². The number of nitrogens with two attached hydrogens (primary N) is 1. The summed E-state index contributed by atoms with van der Waals surface area (Å²) in [4.78, 5) is 0. The molecule has 0 aliphatic rings. The van der Waals surface area contributed by atoms with Crippen LogP contribution in [0.3, 0.4) is 0 Å². The molecule has 2 nitrogen and oxygen atoms in total. The number of hydrogen-bond donors (Lipinski definition) is 2. The summed E-state index contributed by atoms with van der Waals surface area (Å²) in [5.74, 6) is 5.38. The monoisotopic (exact) mass is 386 g/mol. The van der Waals surface area contributed by atoms with Crippen LogP contribution in [0.4, 0.5) is 4.39 Å². The third-order valence-corrected chi connectivity index (χ3v) is 4.05. The Kier molecular flexibility index (Phi) is 4.73. The van der Waals surface area contributed by atoms with Crippen LogP contribution >= 0.6 is 31.9 Å². The van der Waals surface area contributed by atoms with E-state index in [0.29, 0.717) is 0 Å². The highest BCUT2D eigenvalue weighted by Crippen LogP contribution is 2.31. The molecule has 0 amide bonds. The summed E-state index contributed by atoms with van der Waals surface area (Å²) < 4.78 is 15.4. The topological polar surface area (TPSA) is 38.0 Å². The van der Waals surface area contributed by atoms with Crippen molar-refractivity contribution in [2.45, 2.75) is 13.0 Å². The molecule has 0 aromatic heterocycles. The average molecular weight is 388 g/mol. The first-order valence-electron chi connectivity index (χ1n) is 5.69. The zero-order valence-corrected chi connectivity index (χ0v) is 13.4. The van der Waals surface area contributed by atoms with Crippen LogP contribution in [0, 0.1) is 12.7 Å². The lowest BCUT2D eigenvalue weighted by Gasteiger charge is -2.19. The van der Waals surface area contributed by atoms with Gasteiger partial charge < -0.3 is 0 Å². The number of benzene rings is 2. The van der Waals surface area contributed by atoms with Gasteiger partial charge in [0.25, 0.3) is 0 Å². The number of nitrogens with one attached hydrogen (secondary N) is 1. The van der Waals surface area contributed by atoms with Crippen molar-refractivity contribution in [3.63, 3.8) is 0 Å². The van der Waals surface area contributed by atoms with Crippen LogP contribution in [-0.2, 0) is 0 Å². The zero-order valence-electron chi connectivity index (χ0n) is 10.3. The molecule has 0 heterocycles. The lowest BCUT2D eigenvalue weighted by molar-refractivity contribution is 0.603. The van der Waals surface area contributed by atoms with Crippen LogP contribution in [0.25, 0.3) is 0 Å². The van der Waals surface area contributed by atoms with Gasteiger partial charge in [-0.1, -0.05) is 37.9 Å². The van der Waals surface area contributed by atoms with E-state index in [4.69, 9.17) is 5.84 Å². The first-order chi connectivity index (χ1) is 9.01. The molecule has 2 aromatic carbocycles. The van der Waals surface area contributed by atoms with Gasteiger partial charge in [-0.2, -0.15) is 0 Å². The summed E-state index contributed by atoms with van der Waals surface area (Å²) in [6.07, 6.45) is 0. The Balaban J connectivity index is 2.52. The predicted octanol–water partition coefficient (Wildman–Crippen LogP) is 4.21. The van der Waals surface area contributed by atoms with E-state index >= 15 is 0 Å². The van der Waals surface area contributed by atoms with Crippen molar-refractivity contribution in [3.05, 3.63) is 67.9 Å². The van der Waals surface area contributed by atoms with Gasteiger partial charge in [-0.05, 0) is 53.9 Å². The van der Waals surface area contributed by atoms with Crippen LogP contribution in [-0.4, -0.2) is 0 Å². The number of aryl methyl sites for hydroxylation is 1. The maximum absolute atomic E-state index is 13.5. The van der Waals surface area contributed by atoms with Crippen molar-refractivity contribution in [1.29, 1.82) is 0 Å². The van der Waals surface area contributed by atoms with Crippen molar-refractivity contribution in [2.24, 2.45) is 5.84 Å². The summed E-state index contributed by atoms with van der Waals surface area (Å²) in [7, 11) is 0. The molecule has 0 saturated heterocycles. The third kappa shape index (κ3) is 3.42. The number of hydrogen-bond acceptors (Lipinski definition) is 2. The Morgan fingerprint density at radius 1 is 1.16 bits per heavy atom. The Bertz CT molecular complexity index is 582. The van der Waals surface area contributed by atoms with E-state index in [1.54, 1.807) is 0 Å². The van der Waals surface area contributed by atoms with Gasteiger partial charge in [0.15, 0.2) is 0 Å². The fourth-order valence-corrected chi connectivity index (χ4v) is 2.89. The van der Waals surface area contributed by atoms with Crippen LogP contribution in [0.1, 0.15) is 22.7 Å². The minimum absolute atomic E-state index is 0.263. The van der Waals surface area contributed by atoms with Crippen LogP contribution in [0.5, 0.6) is 0 Å². The molecule has 2 rings (SSSR count). The van der Waals surface area contributed by atoms with E-state index in [1.807, 2.05) is 31.2 Å². The molecule has 0 fully saturated rings. The maximum Gasteiger partial charge on any atom is 0.123 e. The van der Waals surface area contributed by atoms with Gasteiger partial charge in [-0.15, -0.1) is 0 Å². The van der Waals surface area contributed by atoms with Gasteiger partial charge in [0.05, 0.1) is 6.04 Å².